The molecule has 1 aliphatic rings. The lowest BCUT2D eigenvalue weighted by Crippen LogP contribution is -2.35. The van der Waals surface area contributed by atoms with E-state index in [-0.39, 0.29) is 29.8 Å². The van der Waals surface area contributed by atoms with E-state index in [0.717, 1.165) is 0 Å². The third kappa shape index (κ3) is 3.81. The Morgan fingerprint density at radius 1 is 0.963 bits per heavy atom. The molecule has 3 rings (SSSR count). The molecule has 0 unspecified atom stereocenters. The number of benzene rings is 2. The van der Waals surface area contributed by atoms with Gasteiger partial charge in [-0.15, -0.1) is 12.4 Å². The minimum Gasteiger partial charge on any atom is -0.301 e. The summed E-state index contributed by atoms with van der Waals surface area (Å²) in [5, 5.41) is 0. The average molecular weight is 410 g/mol. The number of carbonyl (C=O) groups is 1. The Kier molecular flexibility index (Phi) is 6.51. The molecule has 6 nitrogen and oxygen atoms in total. The van der Waals surface area contributed by atoms with Crippen molar-refractivity contribution in [1.82, 2.24) is 4.90 Å². The molecule has 0 saturated carbocycles. The van der Waals surface area contributed by atoms with E-state index in [1.54, 1.807) is 47.4 Å². The molecule has 0 radical (unpaired) electrons. The topological polar surface area (TPSA) is 60.9 Å². The van der Waals surface area contributed by atoms with Crippen molar-refractivity contribution in [3.05, 3.63) is 48.5 Å². The third-order valence-electron chi connectivity index (χ3n) is 4.19. The van der Waals surface area contributed by atoms with Crippen LogP contribution in [0, 0.1) is 0 Å². The maximum Gasteiger partial charge on any atom is 0.266 e. The largest absolute Gasteiger partial charge is 0.301 e. The molecular formula is C19H24ClN3O3S. The number of halogens is 1. The molecule has 146 valence electrons. The standard InChI is InChI=1S/C19H23N3O3S.ClH/c1-4-13-21-15-9-5-6-10-16(15)22(19(23)14-20(2)3)17-11-7-8-12-18(17)26(21,24)25;/h5-12H,4,13-14H2,1-3H3;1H. The number of amides is 1. The van der Waals surface area contributed by atoms with E-state index >= 15 is 0 Å². The second-order valence-electron chi connectivity index (χ2n) is 6.50. The molecule has 0 fully saturated rings. The van der Waals surface area contributed by atoms with Gasteiger partial charge in [0.05, 0.1) is 23.6 Å². The number of hydrogen-bond donors (Lipinski definition) is 0. The van der Waals surface area contributed by atoms with Crippen molar-refractivity contribution in [3.8, 4) is 0 Å². The summed E-state index contributed by atoms with van der Waals surface area (Å²) in [6.45, 7) is 2.46. The summed E-state index contributed by atoms with van der Waals surface area (Å²) < 4.78 is 28.1. The molecule has 0 aromatic heterocycles. The van der Waals surface area contributed by atoms with Gasteiger partial charge in [-0.1, -0.05) is 31.2 Å². The third-order valence-corrected chi connectivity index (χ3v) is 6.05. The van der Waals surface area contributed by atoms with Crippen molar-refractivity contribution in [2.24, 2.45) is 0 Å². The minimum absolute atomic E-state index is 0. The first-order chi connectivity index (χ1) is 12.4. The molecule has 2 aromatic rings. The molecule has 0 aliphatic carbocycles. The number of rotatable bonds is 4. The van der Waals surface area contributed by atoms with E-state index in [2.05, 4.69) is 0 Å². The van der Waals surface area contributed by atoms with Crippen LogP contribution in [0.15, 0.2) is 53.4 Å². The molecule has 0 saturated heterocycles. The highest BCUT2D eigenvalue weighted by Crippen LogP contribution is 2.43. The van der Waals surface area contributed by atoms with E-state index in [4.69, 9.17) is 0 Å². The van der Waals surface area contributed by atoms with Crippen molar-refractivity contribution in [2.45, 2.75) is 18.2 Å². The van der Waals surface area contributed by atoms with Gasteiger partial charge in [0, 0.05) is 6.54 Å². The van der Waals surface area contributed by atoms with E-state index in [1.807, 2.05) is 27.1 Å². The summed E-state index contributed by atoms with van der Waals surface area (Å²) in [5.41, 5.74) is 1.50. The van der Waals surface area contributed by atoms with Crippen LogP contribution in [0.2, 0.25) is 0 Å². The first-order valence-electron chi connectivity index (χ1n) is 8.56. The predicted molar refractivity (Wildman–Crippen MR) is 111 cm³/mol. The number of carbonyl (C=O) groups excluding carboxylic acids is 1. The van der Waals surface area contributed by atoms with Crippen LogP contribution < -0.4 is 9.21 Å². The van der Waals surface area contributed by atoms with Crippen LogP contribution in [0.3, 0.4) is 0 Å². The van der Waals surface area contributed by atoms with Gasteiger partial charge in [-0.3, -0.25) is 14.0 Å². The quantitative estimate of drug-likeness (QED) is 0.777. The average Bonchev–Trinajstić information content (AvgIpc) is 2.67. The van der Waals surface area contributed by atoms with Crippen LogP contribution in [-0.2, 0) is 14.8 Å². The molecule has 0 spiro atoms. The Bertz CT molecular complexity index is 931. The summed E-state index contributed by atoms with van der Waals surface area (Å²) >= 11 is 0. The van der Waals surface area contributed by atoms with Crippen LogP contribution in [0.1, 0.15) is 13.3 Å². The van der Waals surface area contributed by atoms with Gasteiger partial charge < -0.3 is 4.90 Å². The summed E-state index contributed by atoms with van der Waals surface area (Å²) in [7, 11) is -0.138. The maximum atomic E-state index is 13.3. The Morgan fingerprint density at radius 3 is 2.11 bits per heavy atom. The number of fused-ring (bicyclic) bond motifs is 2. The minimum atomic E-state index is -3.76. The highest BCUT2D eigenvalue weighted by Gasteiger charge is 2.37. The first-order valence-corrected chi connectivity index (χ1v) is 10.0. The van der Waals surface area contributed by atoms with E-state index in [9.17, 15) is 13.2 Å². The van der Waals surface area contributed by atoms with E-state index in [1.165, 1.54) is 9.21 Å². The second-order valence-corrected chi connectivity index (χ2v) is 8.33. The molecule has 1 amide bonds. The zero-order valence-corrected chi connectivity index (χ0v) is 17.3. The van der Waals surface area contributed by atoms with Crippen LogP contribution in [-0.4, -0.2) is 46.4 Å². The van der Waals surface area contributed by atoms with Crippen LogP contribution in [0.25, 0.3) is 0 Å². The Hall–Kier alpha value is -2.09. The van der Waals surface area contributed by atoms with Crippen molar-refractivity contribution >= 4 is 45.4 Å². The lowest BCUT2D eigenvalue weighted by Gasteiger charge is -2.26. The van der Waals surface area contributed by atoms with Crippen LogP contribution in [0.4, 0.5) is 17.1 Å². The summed E-state index contributed by atoms with van der Waals surface area (Å²) in [4.78, 5) is 16.5. The monoisotopic (exact) mass is 409 g/mol. The SMILES string of the molecule is CCCN1c2ccccc2N(C(=O)CN(C)C)c2ccccc2S1(=O)=O.Cl. The second kappa shape index (κ2) is 8.29. The number of para-hydroxylation sites is 3. The van der Waals surface area contributed by atoms with Crippen LogP contribution >= 0.6 is 12.4 Å². The van der Waals surface area contributed by atoms with Gasteiger partial charge in [-0.2, -0.15) is 0 Å². The lowest BCUT2D eigenvalue weighted by atomic mass is 10.2. The first kappa shape index (κ1) is 21.2. The van der Waals surface area contributed by atoms with Gasteiger partial charge in [0.25, 0.3) is 10.0 Å². The van der Waals surface area contributed by atoms with Crippen molar-refractivity contribution in [3.63, 3.8) is 0 Å². The van der Waals surface area contributed by atoms with E-state index < -0.39 is 10.0 Å². The smallest absolute Gasteiger partial charge is 0.266 e. The number of hydrogen-bond acceptors (Lipinski definition) is 4. The number of nitrogens with zero attached hydrogens (tertiary/aromatic N) is 3. The molecular weight excluding hydrogens is 386 g/mol. The highest BCUT2D eigenvalue weighted by atomic mass is 35.5. The van der Waals surface area contributed by atoms with Gasteiger partial charge in [0.2, 0.25) is 5.91 Å². The molecule has 2 aromatic carbocycles. The molecule has 0 N–H and O–H groups in total. The Labute approximate surface area is 166 Å². The molecule has 1 aliphatic heterocycles. The van der Waals surface area contributed by atoms with Crippen molar-refractivity contribution in [1.29, 1.82) is 0 Å². The number of sulfonamides is 1. The van der Waals surface area contributed by atoms with Crippen molar-refractivity contribution < 1.29 is 13.2 Å². The zero-order valence-electron chi connectivity index (χ0n) is 15.6. The van der Waals surface area contributed by atoms with Gasteiger partial charge >= 0.3 is 0 Å². The van der Waals surface area contributed by atoms with Crippen molar-refractivity contribution in [2.75, 3.05) is 36.4 Å². The Balaban J connectivity index is 0.00000261. The molecule has 1 heterocycles. The predicted octanol–water partition coefficient (Wildman–Crippen LogP) is 3.25. The van der Waals surface area contributed by atoms with Gasteiger partial charge in [0.15, 0.2) is 0 Å². The summed E-state index contributed by atoms with van der Waals surface area (Å²) in [6.07, 6.45) is 0.668. The van der Waals surface area contributed by atoms with Gasteiger partial charge in [-0.05, 0) is 44.8 Å². The van der Waals surface area contributed by atoms with Crippen LogP contribution in [0.5, 0.6) is 0 Å². The normalized spacial score (nSPS) is 14.8. The fourth-order valence-electron chi connectivity index (χ4n) is 3.16. The number of likely N-dealkylation sites (N-methyl/N-ethyl adjacent to an activating group) is 1. The van der Waals surface area contributed by atoms with E-state index in [0.29, 0.717) is 30.0 Å². The Morgan fingerprint density at radius 2 is 1.52 bits per heavy atom. The van der Waals surface area contributed by atoms with Gasteiger partial charge in [0.1, 0.15) is 4.90 Å². The fraction of sp³-hybridized carbons (Fsp3) is 0.316. The fourth-order valence-corrected chi connectivity index (χ4v) is 4.90. The number of anilines is 3. The zero-order chi connectivity index (χ0) is 18.9. The summed E-state index contributed by atoms with van der Waals surface area (Å²) in [5.74, 6) is -0.177. The maximum absolute atomic E-state index is 13.3. The highest BCUT2D eigenvalue weighted by molar-refractivity contribution is 7.93. The molecule has 27 heavy (non-hydrogen) atoms. The molecule has 0 atom stereocenters. The molecule has 8 heteroatoms. The van der Waals surface area contributed by atoms with Gasteiger partial charge in [-0.25, -0.2) is 8.42 Å². The summed E-state index contributed by atoms with van der Waals surface area (Å²) in [6, 6.07) is 13.9. The lowest BCUT2D eigenvalue weighted by molar-refractivity contribution is -0.118. The molecule has 0 bridgehead atoms.